The molecule has 186 valence electrons. The summed E-state index contributed by atoms with van der Waals surface area (Å²) >= 11 is 7.48. The Balaban J connectivity index is 1.74. The molecule has 0 radical (unpaired) electrons. The molecule has 36 heavy (non-hydrogen) atoms. The Kier molecular flexibility index (Phi) is 7.09. The summed E-state index contributed by atoms with van der Waals surface area (Å²) in [7, 11) is 0. The van der Waals surface area contributed by atoms with Gasteiger partial charge >= 0.3 is 0 Å². The highest BCUT2D eigenvalue weighted by atomic mass is 35.5. The predicted molar refractivity (Wildman–Crippen MR) is 140 cm³/mol. The van der Waals surface area contributed by atoms with Crippen LogP contribution in [0.15, 0.2) is 58.8 Å². The lowest BCUT2D eigenvalue weighted by molar-refractivity contribution is 0.0752. The Morgan fingerprint density at radius 3 is 2.67 bits per heavy atom. The first-order valence-electron chi connectivity index (χ1n) is 11.0. The van der Waals surface area contributed by atoms with Crippen molar-refractivity contribution in [3.05, 3.63) is 80.2 Å². The van der Waals surface area contributed by atoms with Crippen LogP contribution in [0.2, 0.25) is 4.34 Å². The summed E-state index contributed by atoms with van der Waals surface area (Å²) in [6.07, 6.45) is 5.48. The van der Waals surface area contributed by atoms with Crippen molar-refractivity contribution in [1.82, 2.24) is 19.5 Å². The van der Waals surface area contributed by atoms with Crippen LogP contribution in [0.5, 0.6) is 0 Å². The molecule has 0 unspecified atom stereocenters. The third-order valence-electron chi connectivity index (χ3n) is 5.31. The summed E-state index contributed by atoms with van der Waals surface area (Å²) in [5.74, 6) is -0.0517. The zero-order valence-electron chi connectivity index (χ0n) is 19.9. The Morgan fingerprint density at radius 1 is 1.28 bits per heavy atom. The maximum absolute atomic E-state index is 13.2. The van der Waals surface area contributed by atoms with Crippen molar-refractivity contribution in [1.29, 1.82) is 0 Å². The molecule has 11 heteroatoms. The van der Waals surface area contributed by atoms with Crippen LogP contribution in [-0.2, 0) is 13.1 Å². The minimum Gasteiger partial charge on any atom is -0.365 e. The van der Waals surface area contributed by atoms with E-state index in [0.717, 1.165) is 4.88 Å². The summed E-state index contributed by atoms with van der Waals surface area (Å²) < 4.78 is 8.02. The number of carbonyl (C=O) groups is 2. The molecule has 9 nitrogen and oxygen atoms in total. The monoisotopic (exact) mass is 525 g/mol. The fourth-order valence-electron chi connectivity index (χ4n) is 3.40. The fourth-order valence-corrected chi connectivity index (χ4v) is 4.42. The first kappa shape index (κ1) is 25.3. The standard InChI is InChI=1S/C25H24ClN5O4S/c1-5-15-8-16(12-30(23(15)33)13-20(32)17-10-28-35-14-17)19-9-22(27-11-18-6-7-21(26)36-18)31(29-19)24(34)25(2,3)4/h5-10,12,14,27H,1,11,13H2,2-4H3. The van der Waals surface area contributed by atoms with E-state index < -0.39 is 5.41 Å². The third kappa shape index (κ3) is 5.39. The minimum absolute atomic E-state index is 0.208. The molecule has 0 amide bonds. The quantitative estimate of drug-likeness (QED) is 0.313. The van der Waals surface area contributed by atoms with Crippen LogP contribution in [0.1, 0.15) is 46.4 Å². The fraction of sp³-hybridized carbons (Fsp3) is 0.240. The third-order valence-corrected chi connectivity index (χ3v) is 6.54. The van der Waals surface area contributed by atoms with Gasteiger partial charge in [0.15, 0.2) is 5.78 Å². The second kappa shape index (κ2) is 10.1. The summed E-state index contributed by atoms with van der Waals surface area (Å²) in [6, 6.07) is 7.09. The van der Waals surface area contributed by atoms with Crippen molar-refractivity contribution in [2.45, 2.75) is 33.9 Å². The highest BCUT2D eigenvalue weighted by Gasteiger charge is 2.27. The molecule has 0 atom stereocenters. The molecular weight excluding hydrogens is 502 g/mol. The number of nitrogens with zero attached hydrogens (tertiary/aromatic N) is 4. The van der Waals surface area contributed by atoms with Gasteiger partial charge in [0.2, 0.25) is 0 Å². The number of aromatic nitrogens is 4. The van der Waals surface area contributed by atoms with Crippen LogP contribution in [0.25, 0.3) is 17.3 Å². The minimum atomic E-state index is -0.692. The molecule has 0 aliphatic rings. The molecule has 0 saturated carbocycles. The van der Waals surface area contributed by atoms with Gasteiger partial charge in [-0.3, -0.25) is 14.4 Å². The van der Waals surface area contributed by atoms with E-state index >= 15 is 0 Å². The number of hydrogen-bond acceptors (Lipinski definition) is 8. The van der Waals surface area contributed by atoms with E-state index in [9.17, 15) is 14.4 Å². The van der Waals surface area contributed by atoms with E-state index in [0.29, 0.717) is 33.5 Å². The summed E-state index contributed by atoms with van der Waals surface area (Å²) in [4.78, 5) is 39.6. The normalized spacial score (nSPS) is 11.4. The lowest BCUT2D eigenvalue weighted by atomic mass is 9.96. The molecule has 4 rings (SSSR count). The van der Waals surface area contributed by atoms with Gasteiger partial charge in [-0.2, -0.15) is 9.78 Å². The summed E-state index contributed by atoms with van der Waals surface area (Å²) in [5.41, 5.74) is 0.482. The molecular formula is C25H24ClN5O4S. The molecule has 4 aromatic heterocycles. The number of halogens is 1. The van der Waals surface area contributed by atoms with Crippen molar-refractivity contribution in [3.63, 3.8) is 0 Å². The smallest absolute Gasteiger partial charge is 0.258 e. The van der Waals surface area contributed by atoms with Gasteiger partial charge in [0.05, 0.1) is 34.9 Å². The zero-order valence-corrected chi connectivity index (χ0v) is 21.5. The number of rotatable bonds is 8. The molecule has 4 heterocycles. The maximum Gasteiger partial charge on any atom is 0.258 e. The molecule has 0 aromatic carbocycles. The van der Waals surface area contributed by atoms with Gasteiger partial charge in [-0.15, -0.1) is 11.3 Å². The Hall–Kier alpha value is -3.76. The number of Topliss-reactive ketones (excluding diaryl/α,β-unsaturated/α-hetero) is 1. The Labute approximate surface area is 216 Å². The highest BCUT2D eigenvalue weighted by Crippen LogP contribution is 2.28. The Bertz CT molecular complexity index is 1490. The van der Waals surface area contributed by atoms with Gasteiger partial charge in [0.25, 0.3) is 11.5 Å². The van der Waals surface area contributed by atoms with Crippen LogP contribution < -0.4 is 10.9 Å². The first-order chi connectivity index (χ1) is 17.1. The van der Waals surface area contributed by atoms with E-state index in [4.69, 9.17) is 16.1 Å². The van der Waals surface area contributed by atoms with Crippen molar-refractivity contribution in [2.75, 3.05) is 5.32 Å². The zero-order chi connectivity index (χ0) is 26.0. The molecule has 1 N–H and O–H groups in total. The number of anilines is 1. The molecule has 0 fully saturated rings. The molecule has 0 bridgehead atoms. The molecule has 0 spiro atoms. The lowest BCUT2D eigenvalue weighted by Crippen LogP contribution is -2.29. The van der Waals surface area contributed by atoms with E-state index in [-0.39, 0.29) is 29.4 Å². The predicted octanol–water partition coefficient (Wildman–Crippen LogP) is 5.24. The van der Waals surface area contributed by atoms with E-state index in [1.54, 1.807) is 12.1 Å². The van der Waals surface area contributed by atoms with E-state index in [2.05, 4.69) is 22.2 Å². The average molecular weight is 526 g/mol. The van der Waals surface area contributed by atoms with Crippen molar-refractivity contribution >= 4 is 46.5 Å². The second-order valence-corrected chi connectivity index (χ2v) is 10.9. The second-order valence-electron chi connectivity index (χ2n) is 9.10. The van der Waals surface area contributed by atoms with E-state index in [1.807, 2.05) is 32.9 Å². The number of ketones is 1. The number of carbonyl (C=O) groups excluding carboxylic acids is 2. The summed E-state index contributed by atoms with van der Waals surface area (Å²) in [5, 5.41) is 11.4. The molecule has 0 saturated heterocycles. The van der Waals surface area contributed by atoms with Crippen LogP contribution in [0, 0.1) is 5.41 Å². The van der Waals surface area contributed by atoms with Gasteiger partial charge in [0.1, 0.15) is 12.1 Å². The van der Waals surface area contributed by atoms with Crippen LogP contribution in [0.3, 0.4) is 0 Å². The van der Waals surface area contributed by atoms with Gasteiger partial charge in [-0.05, 0) is 18.2 Å². The molecule has 4 aromatic rings. The van der Waals surface area contributed by atoms with Crippen LogP contribution in [0.4, 0.5) is 5.82 Å². The van der Waals surface area contributed by atoms with Crippen molar-refractivity contribution in [3.8, 4) is 11.3 Å². The summed E-state index contributed by atoms with van der Waals surface area (Å²) in [6.45, 7) is 9.38. The van der Waals surface area contributed by atoms with Crippen molar-refractivity contribution < 1.29 is 14.1 Å². The van der Waals surface area contributed by atoms with Crippen LogP contribution >= 0.6 is 22.9 Å². The van der Waals surface area contributed by atoms with Gasteiger partial charge in [-0.25, -0.2) is 0 Å². The largest absolute Gasteiger partial charge is 0.365 e. The average Bonchev–Trinajstić information content (AvgIpc) is 3.59. The van der Waals surface area contributed by atoms with Gasteiger partial charge in [0, 0.05) is 33.7 Å². The SMILES string of the molecule is C=Cc1cc(-c2cc(NCc3ccc(Cl)s3)n(C(=O)C(C)(C)C)n2)cn(CC(=O)c2cnoc2)c1=O. The van der Waals surface area contributed by atoms with Crippen LogP contribution in [-0.4, -0.2) is 31.2 Å². The Morgan fingerprint density at radius 2 is 2.06 bits per heavy atom. The lowest BCUT2D eigenvalue weighted by Gasteiger charge is -2.18. The topological polar surface area (TPSA) is 112 Å². The van der Waals surface area contributed by atoms with Crippen molar-refractivity contribution in [2.24, 2.45) is 5.41 Å². The van der Waals surface area contributed by atoms with E-state index in [1.165, 1.54) is 45.3 Å². The first-order valence-corrected chi connectivity index (χ1v) is 12.2. The number of thiophene rings is 1. The number of hydrogen-bond donors (Lipinski definition) is 1. The highest BCUT2D eigenvalue weighted by molar-refractivity contribution is 7.16. The number of pyridine rings is 1. The maximum atomic E-state index is 13.2. The molecule has 0 aliphatic carbocycles. The number of nitrogens with one attached hydrogen (secondary N) is 1. The van der Waals surface area contributed by atoms with Gasteiger partial charge in [-0.1, -0.05) is 50.2 Å². The molecule has 0 aliphatic heterocycles. The van der Waals surface area contributed by atoms with Gasteiger partial charge < -0.3 is 14.4 Å².